The molecule has 0 bridgehead atoms. The Kier molecular flexibility index (Phi) is 10.5. The van der Waals surface area contributed by atoms with E-state index in [-0.39, 0.29) is 6.10 Å². The molecule has 3 nitrogen and oxygen atoms in total. The van der Waals surface area contributed by atoms with Gasteiger partial charge in [-0.3, -0.25) is 4.79 Å². The summed E-state index contributed by atoms with van der Waals surface area (Å²) in [4.78, 5) is 10.4. The number of carboxylic acid groups (broad SMARTS) is 1. The fraction of sp³-hybridized carbons (Fsp3) is 0.750. The molecule has 3 unspecified atom stereocenters. The maximum absolute atomic E-state index is 10.4. The largest absolute Gasteiger partial charge is 0.481 e. The molecule has 0 heterocycles. The van der Waals surface area contributed by atoms with E-state index in [0.717, 1.165) is 50.4 Å². The van der Waals surface area contributed by atoms with Crippen molar-refractivity contribution < 1.29 is 15.0 Å². The molecule has 1 rings (SSSR count). The predicted molar refractivity (Wildman–Crippen MR) is 94.0 cm³/mol. The minimum atomic E-state index is -0.684. The van der Waals surface area contributed by atoms with Gasteiger partial charge in [-0.2, -0.15) is 0 Å². The van der Waals surface area contributed by atoms with Gasteiger partial charge in [-0.15, -0.1) is 0 Å². The summed E-state index contributed by atoms with van der Waals surface area (Å²) in [6, 6.07) is 0. The third-order valence-corrected chi connectivity index (χ3v) is 4.53. The second-order valence-corrected chi connectivity index (χ2v) is 6.68. The Morgan fingerprint density at radius 2 is 2.00 bits per heavy atom. The lowest BCUT2D eigenvalue weighted by molar-refractivity contribution is -0.137. The Bertz CT molecular complexity index is 416. The highest BCUT2D eigenvalue weighted by Gasteiger charge is 2.35. The number of aliphatic carboxylic acids is 1. The van der Waals surface area contributed by atoms with Crippen molar-refractivity contribution in [1.29, 1.82) is 0 Å². The van der Waals surface area contributed by atoms with E-state index in [4.69, 9.17) is 5.11 Å². The molecule has 0 amide bonds. The van der Waals surface area contributed by atoms with Gasteiger partial charge in [-0.25, -0.2) is 0 Å². The first kappa shape index (κ1) is 19.8. The van der Waals surface area contributed by atoms with Crippen LogP contribution < -0.4 is 0 Å². The van der Waals surface area contributed by atoms with Crippen LogP contribution in [0.4, 0.5) is 0 Å². The molecule has 0 aliphatic heterocycles. The van der Waals surface area contributed by atoms with E-state index < -0.39 is 5.97 Å². The molecule has 0 aromatic rings. The van der Waals surface area contributed by atoms with Crippen LogP contribution >= 0.6 is 0 Å². The van der Waals surface area contributed by atoms with Crippen LogP contribution in [0.3, 0.4) is 0 Å². The molecule has 130 valence electrons. The minimum Gasteiger partial charge on any atom is -0.481 e. The fourth-order valence-corrected chi connectivity index (χ4v) is 2.95. The second kappa shape index (κ2) is 12.2. The highest BCUT2D eigenvalue weighted by molar-refractivity contribution is 5.66. The summed E-state index contributed by atoms with van der Waals surface area (Å²) in [6.45, 7) is 2.16. The normalized spacial score (nSPS) is 21.0. The van der Waals surface area contributed by atoms with Gasteiger partial charge in [0.1, 0.15) is 0 Å². The van der Waals surface area contributed by atoms with E-state index in [1.165, 1.54) is 25.7 Å². The average Bonchev–Trinajstić information content (AvgIpc) is 3.26. The van der Waals surface area contributed by atoms with Crippen LogP contribution in [0.25, 0.3) is 0 Å². The van der Waals surface area contributed by atoms with Crippen molar-refractivity contribution in [2.45, 2.75) is 83.7 Å². The van der Waals surface area contributed by atoms with Crippen LogP contribution in [0.1, 0.15) is 77.6 Å². The van der Waals surface area contributed by atoms with Crippen molar-refractivity contribution >= 4 is 5.97 Å². The zero-order chi connectivity index (χ0) is 16.9. The van der Waals surface area contributed by atoms with E-state index in [1.54, 1.807) is 12.2 Å². The summed E-state index contributed by atoms with van der Waals surface area (Å²) < 4.78 is 0. The summed E-state index contributed by atoms with van der Waals surface area (Å²) >= 11 is 0. The molecule has 1 aliphatic carbocycles. The topological polar surface area (TPSA) is 57.5 Å². The molecule has 1 aliphatic rings. The van der Waals surface area contributed by atoms with Gasteiger partial charge in [0.05, 0.1) is 6.10 Å². The van der Waals surface area contributed by atoms with Crippen molar-refractivity contribution in [2.24, 2.45) is 11.8 Å². The van der Waals surface area contributed by atoms with E-state index in [9.17, 15) is 9.90 Å². The first-order valence-electron chi connectivity index (χ1n) is 9.18. The van der Waals surface area contributed by atoms with Crippen LogP contribution in [-0.2, 0) is 4.79 Å². The smallest absolute Gasteiger partial charge is 0.303 e. The zero-order valence-corrected chi connectivity index (χ0v) is 14.5. The third-order valence-electron chi connectivity index (χ3n) is 4.53. The lowest BCUT2D eigenvalue weighted by Gasteiger charge is -2.02. The molecular weight excluding hydrogens is 288 g/mol. The summed E-state index contributed by atoms with van der Waals surface area (Å²) in [5.41, 5.74) is 0. The molecule has 23 heavy (non-hydrogen) atoms. The lowest BCUT2D eigenvalue weighted by Crippen LogP contribution is -2.00. The van der Waals surface area contributed by atoms with Crippen LogP contribution in [0, 0.1) is 23.7 Å². The molecule has 1 fully saturated rings. The maximum Gasteiger partial charge on any atom is 0.303 e. The molecule has 0 saturated heterocycles. The fourth-order valence-electron chi connectivity index (χ4n) is 2.95. The Labute approximate surface area is 141 Å². The number of hydrogen-bond donors (Lipinski definition) is 2. The van der Waals surface area contributed by atoms with E-state index in [1.807, 2.05) is 0 Å². The quantitative estimate of drug-likeness (QED) is 0.410. The van der Waals surface area contributed by atoms with Crippen molar-refractivity contribution in [3.63, 3.8) is 0 Å². The summed E-state index contributed by atoms with van der Waals surface area (Å²) in [5.74, 6) is 7.10. The number of rotatable bonds is 12. The molecule has 0 aromatic carbocycles. The Hall–Kier alpha value is -1.27. The molecule has 0 aromatic heterocycles. The van der Waals surface area contributed by atoms with Crippen molar-refractivity contribution in [3.05, 3.63) is 12.2 Å². The molecule has 3 heteroatoms. The highest BCUT2D eigenvalue weighted by atomic mass is 16.4. The minimum absolute atomic E-state index is 0.305. The van der Waals surface area contributed by atoms with Gasteiger partial charge in [0.15, 0.2) is 0 Å². The number of aliphatic hydroxyl groups excluding tert-OH is 1. The molecule has 2 N–H and O–H groups in total. The van der Waals surface area contributed by atoms with E-state index in [0.29, 0.717) is 6.42 Å². The van der Waals surface area contributed by atoms with Gasteiger partial charge >= 0.3 is 5.97 Å². The first-order chi connectivity index (χ1) is 11.1. The highest BCUT2D eigenvalue weighted by Crippen LogP contribution is 2.45. The predicted octanol–water partition coefficient (Wildman–Crippen LogP) is 4.55. The van der Waals surface area contributed by atoms with E-state index in [2.05, 4.69) is 18.8 Å². The van der Waals surface area contributed by atoms with Crippen molar-refractivity contribution in [2.75, 3.05) is 0 Å². The van der Waals surface area contributed by atoms with Crippen LogP contribution in [0.5, 0.6) is 0 Å². The SMILES string of the molecule is CCCCCC(O)/C=C/C#CCCC1CC1CCCCC(=O)O. The van der Waals surface area contributed by atoms with Crippen LogP contribution in [-0.4, -0.2) is 22.3 Å². The van der Waals surface area contributed by atoms with Gasteiger partial charge < -0.3 is 10.2 Å². The van der Waals surface area contributed by atoms with Gasteiger partial charge in [0.25, 0.3) is 0 Å². The third kappa shape index (κ3) is 11.0. The second-order valence-electron chi connectivity index (χ2n) is 6.68. The molecule has 3 atom stereocenters. The van der Waals surface area contributed by atoms with Gasteiger partial charge in [-0.1, -0.05) is 50.9 Å². The summed E-state index contributed by atoms with van der Waals surface area (Å²) in [6.07, 6.45) is 14.2. The number of hydrogen-bond acceptors (Lipinski definition) is 2. The zero-order valence-electron chi connectivity index (χ0n) is 14.5. The van der Waals surface area contributed by atoms with Crippen molar-refractivity contribution in [1.82, 2.24) is 0 Å². The van der Waals surface area contributed by atoms with Crippen molar-refractivity contribution in [3.8, 4) is 11.8 Å². The number of aliphatic hydroxyl groups is 1. The number of unbranched alkanes of at least 4 members (excludes halogenated alkanes) is 3. The van der Waals surface area contributed by atoms with Gasteiger partial charge in [0, 0.05) is 12.8 Å². The number of carbonyl (C=O) groups is 1. The van der Waals surface area contributed by atoms with Crippen LogP contribution in [0.15, 0.2) is 12.2 Å². The molecule has 0 radical (unpaired) electrons. The lowest BCUT2D eigenvalue weighted by atomic mass is 10.1. The molecule has 1 saturated carbocycles. The standard InChI is InChI=1S/C20H32O3/c1-2-3-6-13-19(21)14-8-5-4-7-11-17-16-18(17)12-9-10-15-20(22)23/h8,14,17-19,21H,2-3,6-7,9-13,15-16H2,1H3,(H,22,23)/b14-8+. The number of allylic oxidation sites excluding steroid dienone is 1. The Morgan fingerprint density at radius 3 is 2.74 bits per heavy atom. The monoisotopic (exact) mass is 320 g/mol. The van der Waals surface area contributed by atoms with Gasteiger partial charge in [-0.05, 0) is 49.7 Å². The summed E-state index contributed by atoms with van der Waals surface area (Å²) in [7, 11) is 0. The number of carboxylic acids is 1. The van der Waals surface area contributed by atoms with Crippen LogP contribution in [0.2, 0.25) is 0 Å². The molecular formula is C20H32O3. The Morgan fingerprint density at radius 1 is 1.22 bits per heavy atom. The van der Waals surface area contributed by atoms with Gasteiger partial charge in [0.2, 0.25) is 0 Å². The molecule has 0 spiro atoms. The maximum atomic E-state index is 10.4. The first-order valence-corrected chi connectivity index (χ1v) is 9.18. The van der Waals surface area contributed by atoms with E-state index >= 15 is 0 Å². The summed E-state index contributed by atoms with van der Waals surface area (Å²) in [5, 5.41) is 18.3. The Balaban J connectivity index is 1.98. The average molecular weight is 320 g/mol.